The van der Waals surface area contributed by atoms with Crippen LogP contribution in [0.4, 0.5) is 5.82 Å². The lowest BCUT2D eigenvalue weighted by molar-refractivity contribution is 0.0697. The Kier molecular flexibility index (Phi) is 2.17. The van der Waals surface area contributed by atoms with Crippen molar-refractivity contribution in [3.63, 3.8) is 0 Å². The Hall–Kier alpha value is -1.52. The fourth-order valence-corrected chi connectivity index (χ4v) is 1.94. The predicted octanol–water partition coefficient (Wildman–Crippen LogP) is 1.03. The molecule has 0 aliphatic heterocycles. The van der Waals surface area contributed by atoms with Gasteiger partial charge in [0.05, 0.1) is 5.69 Å². The van der Waals surface area contributed by atoms with Crippen LogP contribution in [0.3, 0.4) is 0 Å². The molecular formula is C10H15N3O2. The zero-order valence-electron chi connectivity index (χ0n) is 9.19. The summed E-state index contributed by atoms with van der Waals surface area (Å²) in [5, 5.41) is 13.3. The SMILES string of the molecule is Cc1nn(C)c(N(C)C2CC2)c1C(=O)O. The molecular weight excluding hydrogens is 194 g/mol. The molecule has 0 unspecified atom stereocenters. The van der Waals surface area contributed by atoms with E-state index in [1.165, 1.54) is 0 Å². The summed E-state index contributed by atoms with van der Waals surface area (Å²) in [6.07, 6.45) is 2.28. The summed E-state index contributed by atoms with van der Waals surface area (Å²) >= 11 is 0. The van der Waals surface area contributed by atoms with Crippen molar-refractivity contribution >= 4 is 11.8 Å². The highest BCUT2D eigenvalue weighted by atomic mass is 16.4. The first kappa shape index (κ1) is 10.0. The molecule has 15 heavy (non-hydrogen) atoms. The highest BCUT2D eigenvalue weighted by Gasteiger charge is 2.32. The molecule has 5 nitrogen and oxygen atoms in total. The highest BCUT2D eigenvalue weighted by Crippen LogP contribution is 2.32. The molecule has 1 aliphatic rings. The van der Waals surface area contributed by atoms with Crippen molar-refractivity contribution in [2.45, 2.75) is 25.8 Å². The first-order valence-corrected chi connectivity index (χ1v) is 5.02. The van der Waals surface area contributed by atoms with E-state index < -0.39 is 5.97 Å². The summed E-state index contributed by atoms with van der Waals surface area (Å²) in [6.45, 7) is 1.73. The third-order valence-electron chi connectivity index (χ3n) is 2.83. The van der Waals surface area contributed by atoms with Gasteiger partial charge in [0.15, 0.2) is 0 Å². The van der Waals surface area contributed by atoms with Crippen molar-refractivity contribution in [3.05, 3.63) is 11.3 Å². The Morgan fingerprint density at radius 2 is 2.20 bits per heavy atom. The van der Waals surface area contributed by atoms with Crippen LogP contribution in [-0.2, 0) is 7.05 Å². The molecule has 0 spiro atoms. The number of carbonyl (C=O) groups is 1. The second-order valence-electron chi connectivity index (χ2n) is 4.05. The van der Waals surface area contributed by atoms with E-state index in [0.29, 0.717) is 23.1 Å². The van der Waals surface area contributed by atoms with Crippen molar-refractivity contribution in [2.75, 3.05) is 11.9 Å². The largest absolute Gasteiger partial charge is 0.477 e. The molecule has 1 saturated carbocycles. The van der Waals surface area contributed by atoms with Gasteiger partial charge in [-0.15, -0.1) is 0 Å². The van der Waals surface area contributed by atoms with Gasteiger partial charge in [-0.25, -0.2) is 4.79 Å². The van der Waals surface area contributed by atoms with Crippen molar-refractivity contribution < 1.29 is 9.90 Å². The smallest absolute Gasteiger partial charge is 0.341 e. The summed E-state index contributed by atoms with van der Waals surface area (Å²) in [4.78, 5) is 13.1. The zero-order chi connectivity index (χ0) is 11.2. The van der Waals surface area contributed by atoms with Gasteiger partial charge in [-0.2, -0.15) is 5.10 Å². The average Bonchev–Trinajstić information content (AvgIpc) is 2.90. The molecule has 82 valence electrons. The quantitative estimate of drug-likeness (QED) is 0.807. The number of aryl methyl sites for hydroxylation is 2. The maximum absolute atomic E-state index is 11.1. The lowest BCUT2D eigenvalue weighted by atomic mass is 10.2. The minimum absolute atomic E-state index is 0.326. The van der Waals surface area contributed by atoms with E-state index in [9.17, 15) is 4.79 Å². The molecule has 0 radical (unpaired) electrons. The number of aromatic carboxylic acids is 1. The fourth-order valence-electron chi connectivity index (χ4n) is 1.94. The van der Waals surface area contributed by atoms with Crippen LogP contribution >= 0.6 is 0 Å². The van der Waals surface area contributed by atoms with Gasteiger partial charge in [-0.3, -0.25) is 4.68 Å². The van der Waals surface area contributed by atoms with Crippen molar-refractivity contribution in [1.29, 1.82) is 0 Å². The number of nitrogens with zero attached hydrogens (tertiary/aromatic N) is 3. The summed E-state index contributed by atoms with van der Waals surface area (Å²) in [6, 6.07) is 0.484. The maximum atomic E-state index is 11.1. The molecule has 1 heterocycles. The number of rotatable bonds is 3. The van der Waals surface area contributed by atoms with Gasteiger partial charge < -0.3 is 10.0 Å². The molecule has 1 aliphatic carbocycles. The highest BCUT2D eigenvalue weighted by molar-refractivity contribution is 5.94. The van der Waals surface area contributed by atoms with Gasteiger partial charge in [-0.05, 0) is 19.8 Å². The van der Waals surface area contributed by atoms with Crippen LogP contribution in [0.25, 0.3) is 0 Å². The van der Waals surface area contributed by atoms with Crippen molar-refractivity contribution in [2.24, 2.45) is 7.05 Å². The molecule has 0 bridgehead atoms. The minimum Gasteiger partial charge on any atom is -0.477 e. The second kappa shape index (κ2) is 3.25. The molecule has 0 amide bonds. The second-order valence-corrected chi connectivity index (χ2v) is 4.05. The van der Waals surface area contributed by atoms with Crippen LogP contribution in [0.2, 0.25) is 0 Å². The monoisotopic (exact) mass is 209 g/mol. The van der Waals surface area contributed by atoms with E-state index in [0.717, 1.165) is 12.8 Å². The molecule has 5 heteroatoms. The molecule has 1 N–H and O–H groups in total. The van der Waals surface area contributed by atoms with Crippen LogP contribution in [-0.4, -0.2) is 33.9 Å². The van der Waals surface area contributed by atoms with Crippen LogP contribution in [0.1, 0.15) is 28.9 Å². The first-order valence-electron chi connectivity index (χ1n) is 5.02. The summed E-state index contributed by atoms with van der Waals surface area (Å²) in [7, 11) is 3.72. The number of hydrogen-bond acceptors (Lipinski definition) is 3. The van der Waals surface area contributed by atoms with Gasteiger partial charge in [0.2, 0.25) is 0 Å². The number of carboxylic acids is 1. The normalized spacial score (nSPS) is 15.4. The number of hydrogen-bond donors (Lipinski definition) is 1. The Morgan fingerprint density at radius 3 is 2.67 bits per heavy atom. The van der Waals surface area contributed by atoms with E-state index in [2.05, 4.69) is 5.10 Å². The molecule has 0 aromatic carbocycles. The van der Waals surface area contributed by atoms with Crippen LogP contribution in [0.15, 0.2) is 0 Å². The van der Waals surface area contributed by atoms with Gasteiger partial charge in [0.1, 0.15) is 11.4 Å². The van der Waals surface area contributed by atoms with E-state index in [1.54, 1.807) is 18.7 Å². The Balaban J connectivity index is 2.47. The average molecular weight is 209 g/mol. The van der Waals surface area contributed by atoms with Gasteiger partial charge in [0.25, 0.3) is 0 Å². The van der Waals surface area contributed by atoms with Crippen molar-refractivity contribution in [3.8, 4) is 0 Å². The molecule has 0 saturated heterocycles. The molecule has 2 rings (SSSR count). The number of aromatic nitrogens is 2. The first-order chi connectivity index (χ1) is 7.02. The fraction of sp³-hybridized carbons (Fsp3) is 0.600. The van der Waals surface area contributed by atoms with Gasteiger partial charge >= 0.3 is 5.97 Å². The van der Waals surface area contributed by atoms with Crippen LogP contribution in [0, 0.1) is 6.92 Å². The minimum atomic E-state index is -0.900. The summed E-state index contributed by atoms with van der Waals surface area (Å²) < 4.78 is 1.65. The van der Waals surface area contributed by atoms with Gasteiger partial charge in [0, 0.05) is 20.1 Å². The predicted molar refractivity (Wildman–Crippen MR) is 56.3 cm³/mol. The Labute approximate surface area is 88.3 Å². The van der Waals surface area contributed by atoms with Crippen LogP contribution in [0.5, 0.6) is 0 Å². The zero-order valence-corrected chi connectivity index (χ0v) is 9.19. The summed E-state index contributed by atoms with van der Waals surface area (Å²) in [5.41, 5.74) is 0.902. The number of carboxylic acid groups (broad SMARTS) is 1. The van der Waals surface area contributed by atoms with E-state index in [4.69, 9.17) is 5.11 Å². The topological polar surface area (TPSA) is 58.4 Å². The maximum Gasteiger partial charge on any atom is 0.341 e. The van der Waals surface area contributed by atoms with E-state index in [-0.39, 0.29) is 0 Å². The molecule has 1 aromatic rings. The van der Waals surface area contributed by atoms with E-state index in [1.807, 2.05) is 11.9 Å². The van der Waals surface area contributed by atoms with Crippen LogP contribution < -0.4 is 4.90 Å². The molecule has 1 fully saturated rings. The third kappa shape index (κ3) is 1.58. The summed E-state index contributed by atoms with van der Waals surface area (Å²) in [5.74, 6) is -0.189. The third-order valence-corrected chi connectivity index (χ3v) is 2.83. The van der Waals surface area contributed by atoms with Gasteiger partial charge in [-0.1, -0.05) is 0 Å². The lowest BCUT2D eigenvalue weighted by Crippen LogP contribution is -2.24. The lowest BCUT2D eigenvalue weighted by Gasteiger charge is -2.19. The number of anilines is 1. The standard InChI is InChI=1S/C10H15N3O2/c1-6-8(10(14)15)9(13(3)11-6)12(2)7-4-5-7/h7H,4-5H2,1-3H3,(H,14,15). The Morgan fingerprint density at radius 1 is 1.60 bits per heavy atom. The molecule has 0 atom stereocenters. The Bertz CT molecular complexity index is 407. The van der Waals surface area contributed by atoms with E-state index >= 15 is 0 Å². The van der Waals surface area contributed by atoms with Crippen molar-refractivity contribution in [1.82, 2.24) is 9.78 Å². The molecule has 1 aromatic heterocycles.